The lowest BCUT2D eigenvalue weighted by atomic mass is 10.0. The lowest BCUT2D eigenvalue weighted by Crippen LogP contribution is -2.45. The first-order valence-corrected chi connectivity index (χ1v) is 23.0. The minimum atomic E-state index is -0.856. The molecule has 2 unspecified atom stereocenters. The molecule has 0 aliphatic rings. The molecule has 6 nitrogen and oxygen atoms in total. The summed E-state index contributed by atoms with van der Waals surface area (Å²) < 4.78 is 5.43. The molecule has 0 aliphatic heterocycles. The fourth-order valence-corrected chi connectivity index (χ4v) is 6.98. The summed E-state index contributed by atoms with van der Waals surface area (Å²) in [5, 5.41) is 23.0. The number of rotatable bonds is 42. The number of aliphatic hydroxyl groups is 2. The van der Waals surface area contributed by atoms with Gasteiger partial charge in [-0.05, 0) is 32.1 Å². The topological polar surface area (TPSA) is 95.9 Å². The standard InChI is InChI=1S/C46H89NO5/c1-3-5-7-9-11-13-15-17-18-22-26-30-34-38-44(49)43(42-48)47-45(50)39-35-31-27-23-20-21-25-29-33-37-41-52-46(51)40-36-32-28-24-19-16-14-12-10-8-6-4-2/h34,38,43-44,48-49H,3-33,35-37,39-42H2,1-2H3,(H,47,50)/b38-34+. The van der Waals surface area contributed by atoms with Crippen LogP contribution in [0.2, 0.25) is 0 Å². The van der Waals surface area contributed by atoms with Crippen molar-refractivity contribution in [3.8, 4) is 0 Å². The van der Waals surface area contributed by atoms with Gasteiger partial charge in [-0.3, -0.25) is 9.59 Å². The van der Waals surface area contributed by atoms with Crippen LogP contribution < -0.4 is 5.32 Å². The van der Waals surface area contributed by atoms with E-state index in [4.69, 9.17) is 4.74 Å². The second-order valence-electron chi connectivity index (χ2n) is 15.7. The first kappa shape index (κ1) is 50.6. The number of hydrogen-bond donors (Lipinski definition) is 3. The molecule has 0 saturated carbocycles. The Bertz CT molecular complexity index is 772. The molecular formula is C46H89NO5. The SMILES string of the molecule is CCCCCCCCCCCCC/C=C/C(O)C(CO)NC(=O)CCCCCCCCCCCCOC(=O)CCCCCCCCCCCCCC. The molecule has 0 aromatic rings. The van der Waals surface area contributed by atoms with Crippen LogP contribution in [0, 0.1) is 0 Å². The number of ether oxygens (including phenoxy) is 1. The summed E-state index contributed by atoms with van der Waals surface area (Å²) in [6, 6.07) is -0.641. The number of allylic oxidation sites excluding steroid dienone is 1. The molecule has 6 heteroatoms. The quantitative estimate of drug-likeness (QED) is 0.0329. The third-order valence-corrected chi connectivity index (χ3v) is 10.6. The molecule has 0 fully saturated rings. The molecule has 0 aliphatic carbocycles. The van der Waals surface area contributed by atoms with E-state index in [1.54, 1.807) is 6.08 Å². The smallest absolute Gasteiger partial charge is 0.305 e. The number of carbonyl (C=O) groups excluding carboxylic acids is 2. The number of nitrogens with one attached hydrogen (secondary N) is 1. The molecule has 0 radical (unpaired) electrons. The Morgan fingerprint density at radius 2 is 0.885 bits per heavy atom. The molecule has 1 amide bonds. The van der Waals surface area contributed by atoms with E-state index >= 15 is 0 Å². The normalized spacial score (nSPS) is 12.8. The zero-order valence-corrected chi connectivity index (χ0v) is 34.8. The maximum atomic E-state index is 12.4. The van der Waals surface area contributed by atoms with Crippen LogP contribution in [0.1, 0.15) is 245 Å². The van der Waals surface area contributed by atoms with Crippen LogP contribution in [0.15, 0.2) is 12.2 Å². The predicted molar refractivity (Wildman–Crippen MR) is 223 cm³/mol. The van der Waals surface area contributed by atoms with E-state index in [-0.39, 0.29) is 18.5 Å². The molecule has 2 atom stereocenters. The van der Waals surface area contributed by atoms with E-state index in [9.17, 15) is 19.8 Å². The van der Waals surface area contributed by atoms with E-state index in [2.05, 4.69) is 19.2 Å². The number of esters is 1. The van der Waals surface area contributed by atoms with Gasteiger partial charge in [-0.1, -0.05) is 212 Å². The summed E-state index contributed by atoms with van der Waals surface area (Å²) in [7, 11) is 0. The van der Waals surface area contributed by atoms with Crippen molar-refractivity contribution in [1.29, 1.82) is 0 Å². The largest absolute Gasteiger partial charge is 0.466 e. The van der Waals surface area contributed by atoms with Gasteiger partial charge in [0.25, 0.3) is 0 Å². The van der Waals surface area contributed by atoms with Gasteiger partial charge in [0.1, 0.15) is 0 Å². The Morgan fingerprint density at radius 3 is 1.31 bits per heavy atom. The van der Waals surface area contributed by atoms with Crippen molar-refractivity contribution in [3.63, 3.8) is 0 Å². The van der Waals surface area contributed by atoms with Gasteiger partial charge in [-0.2, -0.15) is 0 Å². The molecule has 0 heterocycles. The first-order valence-electron chi connectivity index (χ1n) is 23.0. The average Bonchev–Trinajstić information content (AvgIpc) is 3.14. The van der Waals surface area contributed by atoms with Gasteiger partial charge in [0.05, 0.1) is 25.4 Å². The van der Waals surface area contributed by atoms with Gasteiger partial charge < -0.3 is 20.3 Å². The van der Waals surface area contributed by atoms with E-state index in [0.717, 1.165) is 57.8 Å². The highest BCUT2D eigenvalue weighted by Crippen LogP contribution is 2.15. The number of carbonyl (C=O) groups is 2. The zero-order chi connectivity index (χ0) is 38.0. The molecule has 52 heavy (non-hydrogen) atoms. The monoisotopic (exact) mass is 736 g/mol. The van der Waals surface area contributed by atoms with Gasteiger partial charge >= 0.3 is 5.97 Å². The van der Waals surface area contributed by atoms with Gasteiger partial charge in [-0.25, -0.2) is 0 Å². The van der Waals surface area contributed by atoms with Crippen molar-refractivity contribution in [2.24, 2.45) is 0 Å². The van der Waals surface area contributed by atoms with Crippen LogP contribution in [0.4, 0.5) is 0 Å². The second kappa shape index (κ2) is 42.3. The Labute approximate surface area is 323 Å². The van der Waals surface area contributed by atoms with Crippen LogP contribution >= 0.6 is 0 Å². The molecule has 0 rings (SSSR count). The lowest BCUT2D eigenvalue weighted by molar-refractivity contribution is -0.143. The maximum Gasteiger partial charge on any atom is 0.305 e. The van der Waals surface area contributed by atoms with Crippen molar-refractivity contribution in [2.75, 3.05) is 13.2 Å². The molecule has 308 valence electrons. The molecular weight excluding hydrogens is 647 g/mol. The van der Waals surface area contributed by atoms with Crippen LogP contribution in [0.25, 0.3) is 0 Å². The lowest BCUT2D eigenvalue weighted by Gasteiger charge is -2.20. The van der Waals surface area contributed by atoms with E-state index < -0.39 is 12.1 Å². The molecule has 0 bridgehead atoms. The summed E-state index contributed by atoms with van der Waals surface area (Å²) in [5.41, 5.74) is 0. The van der Waals surface area contributed by atoms with Crippen LogP contribution in [0.3, 0.4) is 0 Å². The Balaban J connectivity index is 3.52. The highest BCUT2D eigenvalue weighted by atomic mass is 16.5. The van der Waals surface area contributed by atoms with Gasteiger partial charge in [0.2, 0.25) is 5.91 Å². The first-order chi connectivity index (χ1) is 25.5. The summed E-state index contributed by atoms with van der Waals surface area (Å²) in [4.78, 5) is 24.4. The van der Waals surface area contributed by atoms with Crippen molar-refractivity contribution in [1.82, 2.24) is 5.32 Å². The molecule has 0 saturated heterocycles. The molecule has 0 aromatic heterocycles. The number of aliphatic hydroxyl groups excluding tert-OH is 2. The minimum Gasteiger partial charge on any atom is -0.466 e. The van der Waals surface area contributed by atoms with Crippen LogP contribution in [0.5, 0.6) is 0 Å². The maximum absolute atomic E-state index is 12.4. The van der Waals surface area contributed by atoms with Crippen molar-refractivity contribution >= 4 is 11.9 Å². The number of amides is 1. The Kier molecular flexibility index (Phi) is 41.2. The van der Waals surface area contributed by atoms with Crippen LogP contribution in [-0.2, 0) is 14.3 Å². The Hall–Kier alpha value is -1.40. The van der Waals surface area contributed by atoms with E-state index in [0.29, 0.717) is 19.4 Å². The summed E-state index contributed by atoms with van der Waals surface area (Å²) in [6.45, 7) is 4.84. The summed E-state index contributed by atoms with van der Waals surface area (Å²) in [5.74, 6) is -0.111. The number of unbranched alkanes of at least 4 members (excludes halogenated alkanes) is 31. The third kappa shape index (κ3) is 38.3. The van der Waals surface area contributed by atoms with Crippen molar-refractivity contribution in [3.05, 3.63) is 12.2 Å². The van der Waals surface area contributed by atoms with Gasteiger partial charge in [0, 0.05) is 12.8 Å². The average molecular weight is 736 g/mol. The highest BCUT2D eigenvalue weighted by Gasteiger charge is 2.18. The molecule has 3 N–H and O–H groups in total. The van der Waals surface area contributed by atoms with Crippen LogP contribution in [-0.4, -0.2) is 47.4 Å². The zero-order valence-electron chi connectivity index (χ0n) is 34.8. The van der Waals surface area contributed by atoms with Crippen molar-refractivity contribution < 1.29 is 24.5 Å². The molecule has 0 spiro atoms. The predicted octanol–water partition coefficient (Wildman–Crippen LogP) is 13.0. The second-order valence-corrected chi connectivity index (χ2v) is 15.7. The third-order valence-electron chi connectivity index (χ3n) is 10.6. The fourth-order valence-electron chi connectivity index (χ4n) is 6.98. The van der Waals surface area contributed by atoms with Gasteiger partial charge in [0.15, 0.2) is 0 Å². The minimum absolute atomic E-state index is 0.0206. The highest BCUT2D eigenvalue weighted by molar-refractivity contribution is 5.76. The number of hydrogen-bond acceptors (Lipinski definition) is 5. The summed E-state index contributed by atoms with van der Waals surface area (Å²) >= 11 is 0. The van der Waals surface area contributed by atoms with Crippen molar-refractivity contribution in [2.45, 2.75) is 257 Å². The van der Waals surface area contributed by atoms with Gasteiger partial charge in [-0.15, -0.1) is 0 Å². The molecule has 0 aromatic carbocycles. The van der Waals surface area contributed by atoms with E-state index in [1.807, 2.05) is 6.08 Å². The summed E-state index contributed by atoms with van der Waals surface area (Å²) in [6.07, 6.45) is 46.2. The van der Waals surface area contributed by atoms with E-state index in [1.165, 1.54) is 161 Å². The fraction of sp³-hybridized carbons (Fsp3) is 0.913. The Morgan fingerprint density at radius 1 is 0.519 bits per heavy atom.